The molecule has 26 heavy (non-hydrogen) atoms. The van der Waals surface area contributed by atoms with Gasteiger partial charge in [0.25, 0.3) is 0 Å². The van der Waals surface area contributed by atoms with E-state index >= 15 is 0 Å². The fourth-order valence-electron chi connectivity index (χ4n) is 3.07. The summed E-state index contributed by atoms with van der Waals surface area (Å²) in [5.41, 5.74) is 2.38. The van der Waals surface area contributed by atoms with Crippen molar-refractivity contribution >= 4 is 29.9 Å². The van der Waals surface area contributed by atoms with Crippen molar-refractivity contribution in [2.24, 2.45) is 16.8 Å². The van der Waals surface area contributed by atoms with Gasteiger partial charge >= 0.3 is 0 Å². The zero-order valence-electron chi connectivity index (χ0n) is 15.9. The number of ether oxygens (including phenoxy) is 2. The Morgan fingerprint density at radius 3 is 2.77 bits per heavy atom. The van der Waals surface area contributed by atoms with Crippen LogP contribution in [0.15, 0.2) is 23.2 Å². The van der Waals surface area contributed by atoms with Gasteiger partial charge in [-0.2, -0.15) is 0 Å². The van der Waals surface area contributed by atoms with Crippen LogP contribution in [0.3, 0.4) is 0 Å². The zero-order chi connectivity index (χ0) is 17.5. The van der Waals surface area contributed by atoms with Crippen LogP contribution in [-0.4, -0.2) is 39.4 Å². The summed E-state index contributed by atoms with van der Waals surface area (Å²) in [7, 11) is 1.82. The first-order chi connectivity index (χ1) is 12.2. The maximum absolute atomic E-state index is 6.11. The molecule has 1 aliphatic carbocycles. The highest BCUT2D eigenvalue weighted by Gasteiger charge is 2.20. The first-order valence-electron chi connectivity index (χ1n) is 9.49. The first-order valence-corrected chi connectivity index (χ1v) is 9.49. The molecule has 1 saturated heterocycles. The van der Waals surface area contributed by atoms with Gasteiger partial charge in [0, 0.05) is 38.2 Å². The Labute approximate surface area is 174 Å². The number of rotatable bonds is 8. The number of hydrogen-bond acceptors (Lipinski definition) is 3. The second-order valence-electron chi connectivity index (χ2n) is 7.24. The van der Waals surface area contributed by atoms with Gasteiger partial charge in [0.1, 0.15) is 5.75 Å². The van der Waals surface area contributed by atoms with Crippen LogP contribution >= 0.6 is 24.0 Å². The minimum absolute atomic E-state index is 0. The standard InChI is InChI=1S/C20H31N3O2.HI/c1-15-3-6-18(19(11-15)25-14-17-8-10-24-13-17)12-23-20(21-2)22-9-7-16-4-5-16;/h3,6,11,16-17H,4-5,7-10,12-14H2,1-2H3,(H2,21,22,23);1H. The molecule has 0 spiro atoms. The van der Waals surface area contributed by atoms with Crippen molar-refractivity contribution in [2.75, 3.05) is 33.4 Å². The molecule has 1 unspecified atom stereocenters. The maximum atomic E-state index is 6.11. The van der Waals surface area contributed by atoms with E-state index in [0.29, 0.717) is 12.5 Å². The van der Waals surface area contributed by atoms with E-state index in [1.165, 1.54) is 24.8 Å². The molecule has 146 valence electrons. The van der Waals surface area contributed by atoms with E-state index in [1.54, 1.807) is 0 Å². The maximum Gasteiger partial charge on any atom is 0.191 e. The molecule has 0 aromatic heterocycles. The van der Waals surface area contributed by atoms with Crippen molar-refractivity contribution < 1.29 is 9.47 Å². The second-order valence-corrected chi connectivity index (χ2v) is 7.24. The minimum atomic E-state index is 0. The molecule has 3 rings (SSSR count). The molecule has 2 aliphatic rings. The van der Waals surface area contributed by atoms with Gasteiger partial charge in [-0.15, -0.1) is 24.0 Å². The molecule has 1 heterocycles. The number of aryl methyl sites for hydroxylation is 1. The van der Waals surface area contributed by atoms with Gasteiger partial charge in [-0.05, 0) is 37.3 Å². The van der Waals surface area contributed by atoms with Gasteiger partial charge in [-0.25, -0.2) is 0 Å². The molecule has 1 atom stereocenters. The molecule has 1 aromatic carbocycles. The van der Waals surface area contributed by atoms with Gasteiger partial charge in [-0.1, -0.05) is 25.0 Å². The lowest BCUT2D eigenvalue weighted by molar-refractivity contribution is 0.166. The van der Waals surface area contributed by atoms with Crippen LogP contribution in [0, 0.1) is 18.8 Å². The lowest BCUT2D eigenvalue weighted by Crippen LogP contribution is -2.37. The highest BCUT2D eigenvalue weighted by Crippen LogP contribution is 2.31. The Hall–Kier alpha value is -1.02. The molecular formula is C20H32IN3O2. The van der Waals surface area contributed by atoms with Gasteiger partial charge in [-0.3, -0.25) is 4.99 Å². The van der Waals surface area contributed by atoms with Crippen LogP contribution < -0.4 is 15.4 Å². The number of halogens is 1. The van der Waals surface area contributed by atoms with E-state index in [1.807, 2.05) is 7.05 Å². The van der Waals surface area contributed by atoms with E-state index in [0.717, 1.165) is 56.0 Å². The monoisotopic (exact) mass is 473 g/mol. The largest absolute Gasteiger partial charge is 0.493 e. The third-order valence-corrected chi connectivity index (χ3v) is 4.93. The molecule has 0 bridgehead atoms. The Bertz CT molecular complexity index is 584. The highest BCUT2D eigenvalue weighted by atomic mass is 127. The van der Waals surface area contributed by atoms with Crippen molar-refractivity contribution in [3.8, 4) is 5.75 Å². The predicted octanol–water partition coefficient (Wildman–Crippen LogP) is 3.49. The second kappa shape index (κ2) is 11.0. The highest BCUT2D eigenvalue weighted by molar-refractivity contribution is 14.0. The van der Waals surface area contributed by atoms with Gasteiger partial charge < -0.3 is 20.1 Å². The van der Waals surface area contributed by atoms with Crippen molar-refractivity contribution in [3.05, 3.63) is 29.3 Å². The number of aliphatic imine (C=N–C) groups is 1. The van der Waals surface area contributed by atoms with E-state index in [4.69, 9.17) is 9.47 Å². The number of hydrogen-bond donors (Lipinski definition) is 2. The number of nitrogens with one attached hydrogen (secondary N) is 2. The molecule has 1 aliphatic heterocycles. The zero-order valence-corrected chi connectivity index (χ0v) is 18.3. The number of benzene rings is 1. The van der Waals surface area contributed by atoms with E-state index in [2.05, 4.69) is 40.7 Å². The lowest BCUT2D eigenvalue weighted by Gasteiger charge is -2.17. The quantitative estimate of drug-likeness (QED) is 0.345. The average molecular weight is 473 g/mol. The third kappa shape index (κ3) is 6.95. The van der Waals surface area contributed by atoms with Crippen LogP contribution in [0.2, 0.25) is 0 Å². The van der Waals surface area contributed by atoms with E-state index < -0.39 is 0 Å². The fourth-order valence-corrected chi connectivity index (χ4v) is 3.07. The van der Waals surface area contributed by atoms with Crippen LogP contribution in [0.4, 0.5) is 0 Å². The molecule has 6 heteroatoms. The first kappa shape index (κ1) is 21.3. The topological polar surface area (TPSA) is 54.9 Å². The van der Waals surface area contributed by atoms with Gasteiger partial charge in [0.2, 0.25) is 0 Å². The van der Waals surface area contributed by atoms with E-state index in [-0.39, 0.29) is 24.0 Å². The average Bonchev–Trinajstić information content (AvgIpc) is 3.29. The van der Waals surface area contributed by atoms with Crippen LogP contribution in [0.1, 0.15) is 36.8 Å². The lowest BCUT2D eigenvalue weighted by atomic mass is 10.1. The summed E-state index contributed by atoms with van der Waals surface area (Å²) < 4.78 is 11.5. The summed E-state index contributed by atoms with van der Waals surface area (Å²) in [4.78, 5) is 4.31. The predicted molar refractivity (Wildman–Crippen MR) is 117 cm³/mol. The Morgan fingerprint density at radius 2 is 2.08 bits per heavy atom. The SMILES string of the molecule is CN=C(NCCC1CC1)NCc1ccc(C)cc1OCC1CCOC1.I. The Balaban J connectivity index is 0.00000243. The summed E-state index contributed by atoms with van der Waals surface area (Å²) in [6.45, 7) is 6.20. The number of guanidine groups is 1. The van der Waals surface area contributed by atoms with Crippen molar-refractivity contribution in [1.82, 2.24) is 10.6 Å². The van der Waals surface area contributed by atoms with Crippen molar-refractivity contribution in [2.45, 2.75) is 39.2 Å². The molecule has 2 fully saturated rings. The molecule has 1 saturated carbocycles. The third-order valence-electron chi connectivity index (χ3n) is 4.93. The molecule has 2 N–H and O–H groups in total. The summed E-state index contributed by atoms with van der Waals surface area (Å²) >= 11 is 0. The minimum Gasteiger partial charge on any atom is -0.493 e. The molecule has 5 nitrogen and oxygen atoms in total. The molecule has 0 radical (unpaired) electrons. The summed E-state index contributed by atoms with van der Waals surface area (Å²) in [6, 6.07) is 6.39. The van der Waals surface area contributed by atoms with Gasteiger partial charge in [0.15, 0.2) is 5.96 Å². The Morgan fingerprint density at radius 1 is 1.23 bits per heavy atom. The molecule has 0 amide bonds. The van der Waals surface area contributed by atoms with Gasteiger partial charge in [0.05, 0.1) is 13.2 Å². The fraction of sp³-hybridized carbons (Fsp3) is 0.650. The molecular weight excluding hydrogens is 441 g/mol. The molecule has 1 aromatic rings. The van der Waals surface area contributed by atoms with Crippen LogP contribution in [0.5, 0.6) is 5.75 Å². The summed E-state index contributed by atoms with van der Waals surface area (Å²) in [6.07, 6.45) is 5.12. The Kier molecular flexibility index (Phi) is 8.98. The number of nitrogens with zero attached hydrogens (tertiary/aromatic N) is 1. The smallest absolute Gasteiger partial charge is 0.191 e. The van der Waals surface area contributed by atoms with Crippen LogP contribution in [0.25, 0.3) is 0 Å². The van der Waals surface area contributed by atoms with Crippen molar-refractivity contribution in [3.63, 3.8) is 0 Å². The van der Waals surface area contributed by atoms with Crippen LogP contribution in [-0.2, 0) is 11.3 Å². The van der Waals surface area contributed by atoms with E-state index in [9.17, 15) is 0 Å². The normalized spacial score (nSPS) is 19.8. The van der Waals surface area contributed by atoms with Crippen molar-refractivity contribution in [1.29, 1.82) is 0 Å². The summed E-state index contributed by atoms with van der Waals surface area (Å²) in [5, 5.41) is 6.80. The summed E-state index contributed by atoms with van der Waals surface area (Å²) in [5.74, 6) is 3.27.